The molecule has 0 spiro atoms. The minimum atomic E-state index is -1.98. The van der Waals surface area contributed by atoms with Gasteiger partial charge in [-0.05, 0) is 32.9 Å². The van der Waals surface area contributed by atoms with E-state index >= 15 is 0 Å². The average Bonchev–Trinajstić information content (AvgIpc) is 2.39. The molecule has 1 unspecified atom stereocenters. The van der Waals surface area contributed by atoms with Gasteiger partial charge in [0, 0.05) is 0 Å². The number of aliphatic hydroxyl groups is 1. The third-order valence-electron chi connectivity index (χ3n) is 2.85. The van der Waals surface area contributed by atoms with Crippen LogP contribution in [0.2, 0.25) is 0 Å². The zero-order valence-corrected chi connectivity index (χ0v) is 12.1. The lowest BCUT2D eigenvalue weighted by atomic mass is 9.85. The predicted octanol–water partition coefficient (Wildman–Crippen LogP) is 1.17. The summed E-state index contributed by atoms with van der Waals surface area (Å²) in [4.78, 5) is 27.6. The maximum Gasteiger partial charge on any atom is 0.323 e. The minimum absolute atomic E-state index is 0.0324. The van der Waals surface area contributed by atoms with Gasteiger partial charge in [0.2, 0.25) is 0 Å². The molecule has 0 amide bonds. The summed E-state index contributed by atoms with van der Waals surface area (Å²) >= 11 is 0. The van der Waals surface area contributed by atoms with Crippen LogP contribution >= 0.6 is 0 Å². The Morgan fingerprint density at radius 3 is 2.19 bits per heavy atom. The predicted molar refractivity (Wildman–Crippen MR) is 70.5 cm³/mol. The molecule has 6 nitrogen and oxygen atoms in total. The van der Waals surface area contributed by atoms with Gasteiger partial charge in [0.15, 0.2) is 5.92 Å². The molecule has 1 heterocycles. The topological polar surface area (TPSA) is 85.7 Å². The second kappa shape index (κ2) is 7.12. The van der Waals surface area contributed by atoms with Crippen LogP contribution in [0.15, 0.2) is 18.3 Å². The van der Waals surface area contributed by atoms with Gasteiger partial charge >= 0.3 is 11.9 Å². The highest BCUT2D eigenvalue weighted by atomic mass is 19.1. The number of nitrogens with zero attached hydrogens (tertiary/aromatic N) is 1. The quantitative estimate of drug-likeness (QED) is 0.627. The molecule has 0 bridgehead atoms. The number of hydrogen-bond donors (Lipinski definition) is 1. The van der Waals surface area contributed by atoms with Crippen LogP contribution in [0.4, 0.5) is 4.39 Å². The molecule has 1 aromatic rings. The zero-order valence-electron chi connectivity index (χ0n) is 12.1. The summed E-state index contributed by atoms with van der Waals surface area (Å²) in [6.07, 6.45) is 0.886. The number of aromatic nitrogens is 1. The van der Waals surface area contributed by atoms with E-state index in [2.05, 4.69) is 4.98 Å². The second-order valence-corrected chi connectivity index (χ2v) is 4.45. The Morgan fingerprint density at radius 2 is 1.81 bits per heavy atom. The van der Waals surface area contributed by atoms with Crippen molar-refractivity contribution in [3.8, 4) is 0 Å². The number of rotatable bonds is 6. The minimum Gasteiger partial charge on any atom is -0.465 e. The average molecular weight is 299 g/mol. The molecule has 7 heteroatoms. The number of carbonyl (C=O) groups excluding carboxylic acids is 2. The first-order valence-corrected chi connectivity index (χ1v) is 6.52. The van der Waals surface area contributed by atoms with Crippen molar-refractivity contribution in [1.82, 2.24) is 4.98 Å². The number of carbonyl (C=O) groups is 2. The van der Waals surface area contributed by atoms with E-state index in [0.29, 0.717) is 0 Å². The van der Waals surface area contributed by atoms with Crippen molar-refractivity contribution in [2.45, 2.75) is 26.4 Å². The van der Waals surface area contributed by atoms with Crippen LogP contribution in [0.5, 0.6) is 0 Å². The van der Waals surface area contributed by atoms with E-state index < -0.39 is 29.3 Å². The van der Waals surface area contributed by atoms with Crippen LogP contribution in [-0.4, -0.2) is 35.2 Å². The maximum atomic E-state index is 12.9. The van der Waals surface area contributed by atoms with Crippen LogP contribution < -0.4 is 0 Å². The summed E-state index contributed by atoms with van der Waals surface area (Å²) in [5, 5.41) is 10.5. The Balaban J connectivity index is 3.18. The van der Waals surface area contributed by atoms with E-state index in [1.54, 1.807) is 13.8 Å². The van der Waals surface area contributed by atoms with Crippen molar-refractivity contribution in [2.24, 2.45) is 5.92 Å². The molecule has 0 saturated heterocycles. The smallest absolute Gasteiger partial charge is 0.323 e. The molecular weight excluding hydrogens is 281 g/mol. The molecule has 0 aliphatic carbocycles. The van der Waals surface area contributed by atoms with Gasteiger partial charge in [-0.25, -0.2) is 4.39 Å². The zero-order chi connectivity index (χ0) is 16.0. The first-order valence-electron chi connectivity index (χ1n) is 6.52. The first kappa shape index (κ1) is 17.0. The Labute approximate surface area is 121 Å². The Bertz CT molecular complexity index is 483. The highest BCUT2D eigenvalue weighted by Crippen LogP contribution is 2.30. The fraction of sp³-hybridized carbons (Fsp3) is 0.500. The van der Waals surface area contributed by atoms with Crippen molar-refractivity contribution in [3.05, 3.63) is 29.8 Å². The van der Waals surface area contributed by atoms with E-state index in [-0.39, 0.29) is 18.9 Å². The summed E-state index contributed by atoms with van der Waals surface area (Å²) in [6, 6.07) is 2.27. The molecule has 0 fully saturated rings. The van der Waals surface area contributed by atoms with Gasteiger partial charge in [-0.3, -0.25) is 14.6 Å². The van der Waals surface area contributed by atoms with Gasteiger partial charge in [0.25, 0.3) is 0 Å². The largest absolute Gasteiger partial charge is 0.465 e. The van der Waals surface area contributed by atoms with Crippen LogP contribution in [0.1, 0.15) is 26.5 Å². The van der Waals surface area contributed by atoms with Crippen molar-refractivity contribution in [3.63, 3.8) is 0 Å². The van der Waals surface area contributed by atoms with Crippen molar-refractivity contribution < 1.29 is 28.6 Å². The molecule has 1 atom stereocenters. The van der Waals surface area contributed by atoms with Gasteiger partial charge in [-0.2, -0.15) is 0 Å². The lowest BCUT2D eigenvalue weighted by Gasteiger charge is -2.29. The number of esters is 2. The van der Waals surface area contributed by atoms with Crippen molar-refractivity contribution in [2.75, 3.05) is 13.2 Å². The third-order valence-corrected chi connectivity index (χ3v) is 2.85. The van der Waals surface area contributed by atoms with Gasteiger partial charge in [-0.1, -0.05) is 0 Å². The van der Waals surface area contributed by atoms with E-state index in [1.807, 2.05) is 0 Å². The lowest BCUT2D eigenvalue weighted by molar-refractivity contribution is -0.174. The monoisotopic (exact) mass is 299 g/mol. The molecule has 0 aromatic carbocycles. The Kier molecular flexibility index (Phi) is 5.78. The molecule has 1 rings (SSSR count). The molecule has 1 aromatic heterocycles. The molecule has 1 N–H and O–H groups in total. The summed E-state index contributed by atoms with van der Waals surface area (Å²) in [5.41, 5.74) is -2.01. The van der Waals surface area contributed by atoms with E-state index in [4.69, 9.17) is 9.47 Å². The number of ether oxygens (including phenoxy) is 2. The molecule has 0 saturated carbocycles. The van der Waals surface area contributed by atoms with Crippen LogP contribution in [0.3, 0.4) is 0 Å². The highest BCUT2D eigenvalue weighted by molar-refractivity contribution is 5.96. The summed E-state index contributed by atoms with van der Waals surface area (Å²) < 4.78 is 22.5. The van der Waals surface area contributed by atoms with Crippen molar-refractivity contribution in [1.29, 1.82) is 0 Å². The fourth-order valence-electron chi connectivity index (χ4n) is 1.83. The Morgan fingerprint density at radius 1 is 1.29 bits per heavy atom. The highest BCUT2D eigenvalue weighted by Gasteiger charge is 2.47. The number of halogens is 1. The number of pyridine rings is 1. The van der Waals surface area contributed by atoms with Crippen molar-refractivity contribution >= 4 is 11.9 Å². The molecule has 0 radical (unpaired) electrons. The molecule has 0 aliphatic heterocycles. The van der Waals surface area contributed by atoms with Crippen LogP contribution in [0.25, 0.3) is 0 Å². The van der Waals surface area contributed by atoms with E-state index in [9.17, 15) is 19.1 Å². The molecular formula is C14H18FNO5. The van der Waals surface area contributed by atoms with Crippen LogP contribution in [0, 0.1) is 11.7 Å². The normalized spacial score (nSPS) is 13.6. The molecule has 21 heavy (non-hydrogen) atoms. The van der Waals surface area contributed by atoms with E-state index in [1.165, 1.54) is 13.0 Å². The summed E-state index contributed by atoms with van der Waals surface area (Å²) in [7, 11) is 0. The van der Waals surface area contributed by atoms with Gasteiger partial charge in [0.05, 0.1) is 25.1 Å². The third kappa shape index (κ3) is 3.98. The summed E-state index contributed by atoms with van der Waals surface area (Å²) in [6.45, 7) is 4.46. The van der Waals surface area contributed by atoms with Gasteiger partial charge in [0.1, 0.15) is 11.4 Å². The SMILES string of the molecule is CCOC(=O)C(C(=O)OCC)C(C)(O)c1ccc(F)cn1. The molecule has 116 valence electrons. The van der Waals surface area contributed by atoms with Gasteiger partial charge in [-0.15, -0.1) is 0 Å². The number of hydrogen-bond acceptors (Lipinski definition) is 6. The fourth-order valence-corrected chi connectivity index (χ4v) is 1.83. The van der Waals surface area contributed by atoms with E-state index in [0.717, 1.165) is 12.3 Å². The molecule has 0 aliphatic rings. The first-order chi connectivity index (χ1) is 9.84. The van der Waals surface area contributed by atoms with Crippen LogP contribution in [-0.2, 0) is 24.7 Å². The standard InChI is InChI=1S/C14H18FNO5/c1-4-20-12(17)11(13(18)21-5-2)14(3,19)10-7-6-9(15)8-16-10/h6-8,11,19H,4-5H2,1-3H3. The maximum absolute atomic E-state index is 12.9. The van der Waals surface area contributed by atoms with Gasteiger partial charge < -0.3 is 14.6 Å². The lowest BCUT2D eigenvalue weighted by Crippen LogP contribution is -2.44. The summed E-state index contributed by atoms with van der Waals surface area (Å²) in [5.74, 6) is -4.05. The Hall–Kier alpha value is -2.02. The second-order valence-electron chi connectivity index (χ2n) is 4.45.